The van der Waals surface area contributed by atoms with Crippen molar-refractivity contribution < 1.29 is 14.6 Å². The molecule has 0 aliphatic carbocycles. The average Bonchev–Trinajstić information content (AvgIpc) is 2.49. The molecule has 1 saturated heterocycles. The number of hydrogen-bond donors (Lipinski definition) is 1. The Labute approximate surface area is 118 Å². The van der Waals surface area contributed by atoms with Crippen molar-refractivity contribution in [2.45, 2.75) is 18.8 Å². The third-order valence-electron chi connectivity index (χ3n) is 3.89. The highest BCUT2D eigenvalue weighted by molar-refractivity contribution is 5.65. The SMILES string of the molecule is COc1ccccc1C(C#N)C1CCN(C(=O)O)CC1. The Morgan fingerprint density at radius 3 is 2.65 bits per heavy atom. The summed E-state index contributed by atoms with van der Waals surface area (Å²) in [5.74, 6) is 0.647. The molecule has 20 heavy (non-hydrogen) atoms. The smallest absolute Gasteiger partial charge is 0.407 e. The summed E-state index contributed by atoms with van der Waals surface area (Å²) in [7, 11) is 1.60. The van der Waals surface area contributed by atoms with Gasteiger partial charge in [0.05, 0.1) is 19.1 Å². The number of nitrogens with zero attached hydrogens (tertiary/aromatic N) is 2. The van der Waals surface area contributed by atoms with Crippen molar-refractivity contribution in [3.63, 3.8) is 0 Å². The maximum atomic E-state index is 10.9. The van der Waals surface area contributed by atoms with E-state index in [1.165, 1.54) is 4.90 Å². The van der Waals surface area contributed by atoms with Crippen LogP contribution in [0.15, 0.2) is 24.3 Å². The molecule has 0 saturated carbocycles. The topological polar surface area (TPSA) is 73.6 Å². The molecule has 0 bridgehead atoms. The fourth-order valence-corrected chi connectivity index (χ4v) is 2.78. The maximum absolute atomic E-state index is 10.9. The molecule has 1 amide bonds. The molecule has 0 spiro atoms. The van der Waals surface area contributed by atoms with Gasteiger partial charge < -0.3 is 14.7 Å². The van der Waals surface area contributed by atoms with Crippen LogP contribution in [0.2, 0.25) is 0 Å². The molecule has 1 fully saturated rings. The quantitative estimate of drug-likeness (QED) is 0.919. The number of methoxy groups -OCH3 is 1. The number of ether oxygens (including phenoxy) is 1. The van der Waals surface area contributed by atoms with E-state index in [4.69, 9.17) is 9.84 Å². The van der Waals surface area contributed by atoms with Gasteiger partial charge in [0, 0.05) is 18.7 Å². The lowest BCUT2D eigenvalue weighted by Gasteiger charge is -2.32. The number of hydrogen-bond acceptors (Lipinski definition) is 3. The first-order chi connectivity index (χ1) is 9.67. The van der Waals surface area contributed by atoms with E-state index in [2.05, 4.69) is 6.07 Å². The van der Waals surface area contributed by atoms with Crippen molar-refractivity contribution in [3.05, 3.63) is 29.8 Å². The summed E-state index contributed by atoms with van der Waals surface area (Å²) in [6.07, 6.45) is 0.541. The van der Waals surface area contributed by atoms with E-state index in [1.54, 1.807) is 7.11 Å². The zero-order chi connectivity index (χ0) is 14.5. The van der Waals surface area contributed by atoms with Gasteiger partial charge in [-0.3, -0.25) is 0 Å². The molecule has 1 aliphatic rings. The molecule has 1 aromatic rings. The molecular weight excluding hydrogens is 256 g/mol. The highest BCUT2D eigenvalue weighted by atomic mass is 16.5. The van der Waals surface area contributed by atoms with Gasteiger partial charge in [-0.2, -0.15) is 5.26 Å². The van der Waals surface area contributed by atoms with E-state index >= 15 is 0 Å². The number of rotatable bonds is 3. The summed E-state index contributed by atoms with van der Waals surface area (Å²) < 4.78 is 5.32. The highest BCUT2D eigenvalue weighted by Crippen LogP contribution is 2.36. The van der Waals surface area contributed by atoms with Crippen LogP contribution >= 0.6 is 0 Å². The van der Waals surface area contributed by atoms with Crippen LogP contribution in [0.4, 0.5) is 4.79 Å². The Kier molecular flexibility index (Phi) is 4.46. The Balaban J connectivity index is 2.14. The highest BCUT2D eigenvalue weighted by Gasteiger charge is 2.30. The number of para-hydroxylation sites is 1. The number of benzene rings is 1. The number of carbonyl (C=O) groups is 1. The Morgan fingerprint density at radius 2 is 2.10 bits per heavy atom. The molecule has 1 atom stereocenters. The van der Waals surface area contributed by atoms with Crippen LogP contribution in [0.3, 0.4) is 0 Å². The van der Waals surface area contributed by atoms with E-state index in [0.717, 1.165) is 11.3 Å². The monoisotopic (exact) mass is 274 g/mol. The number of carboxylic acid groups (broad SMARTS) is 1. The largest absolute Gasteiger partial charge is 0.496 e. The predicted octanol–water partition coefficient (Wildman–Crippen LogP) is 2.69. The van der Waals surface area contributed by atoms with Gasteiger partial charge in [-0.05, 0) is 24.8 Å². The van der Waals surface area contributed by atoms with E-state index < -0.39 is 6.09 Å². The van der Waals surface area contributed by atoms with Crippen LogP contribution in [0.25, 0.3) is 0 Å². The Morgan fingerprint density at radius 1 is 1.45 bits per heavy atom. The molecule has 1 unspecified atom stereocenters. The minimum absolute atomic E-state index is 0.173. The standard InChI is InChI=1S/C15H18N2O3/c1-20-14-5-3-2-4-12(14)13(10-16)11-6-8-17(9-7-11)15(18)19/h2-5,11,13H,6-9H2,1H3,(H,18,19). The van der Waals surface area contributed by atoms with Crippen molar-refractivity contribution in [1.82, 2.24) is 4.90 Å². The lowest BCUT2D eigenvalue weighted by Crippen LogP contribution is -2.38. The molecule has 1 aromatic carbocycles. The summed E-state index contributed by atoms with van der Waals surface area (Å²) >= 11 is 0. The molecule has 5 heteroatoms. The summed E-state index contributed by atoms with van der Waals surface area (Å²) in [6, 6.07) is 9.90. The van der Waals surface area contributed by atoms with Gasteiger partial charge in [-0.25, -0.2) is 4.79 Å². The van der Waals surface area contributed by atoms with E-state index in [0.29, 0.717) is 25.9 Å². The Hall–Kier alpha value is -2.22. The number of likely N-dealkylation sites (tertiary alicyclic amines) is 1. The van der Waals surface area contributed by atoms with Crippen molar-refractivity contribution in [2.75, 3.05) is 20.2 Å². The Bertz CT molecular complexity index is 516. The van der Waals surface area contributed by atoms with Gasteiger partial charge in [0.25, 0.3) is 0 Å². The predicted molar refractivity (Wildman–Crippen MR) is 73.7 cm³/mol. The van der Waals surface area contributed by atoms with Crippen LogP contribution in [-0.2, 0) is 0 Å². The third-order valence-corrected chi connectivity index (χ3v) is 3.89. The molecule has 1 N–H and O–H groups in total. The van der Waals surface area contributed by atoms with Crippen LogP contribution < -0.4 is 4.74 Å². The van der Waals surface area contributed by atoms with Crippen molar-refractivity contribution in [2.24, 2.45) is 5.92 Å². The van der Waals surface area contributed by atoms with E-state index in [-0.39, 0.29) is 11.8 Å². The second-order valence-electron chi connectivity index (χ2n) is 4.96. The first-order valence-electron chi connectivity index (χ1n) is 6.67. The summed E-state index contributed by atoms with van der Waals surface area (Å²) in [6.45, 7) is 0.987. The second-order valence-corrected chi connectivity index (χ2v) is 4.96. The van der Waals surface area contributed by atoms with Crippen molar-refractivity contribution >= 4 is 6.09 Å². The van der Waals surface area contributed by atoms with Gasteiger partial charge in [0.2, 0.25) is 0 Å². The molecule has 1 aliphatic heterocycles. The molecular formula is C15H18N2O3. The summed E-state index contributed by atoms with van der Waals surface area (Å²) in [5.41, 5.74) is 0.895. The van der Waals surface area contributed by atoms with Crippen LogP contribution in [0, 0.1) is 17.2 Å². The molecule has 1 heterocycles. The fraction of sp³-hybridized carbons (Fsp3) is 0.467. The lowest BCUT2D eigenvalue weighted by molar-refractivity contribution is 0.122. The molecule has 2 rings (SSSR count). The molecule has 0 aromatic heterocycles. The lowest BCUT2D eigenvalue weighted by atomic mass is 9.80. The number of piperidine rings is 1. The van der Waals surface area contributed by atoms with Crippen molar-refractivity contribution in [1.29, 1.82) is 5.26 Å². The number of nitriles is 1. The van der Waals surface area contributed by atoms with Gasteiger partial charge in [0.15, 0.2) is 0 Å². The maximum Gasteiger partial charge on any atom is 0.407 e. The van der Waals surface area contributed by atoms with Gasteiger partial charge in [-0.15, -0.1) is 0 Å². The van der Waals surface area contributed by atoms with Gasteiger partial charge in [0.1, 0.15) is 5.75 Å². The number of amides is 1. The second kappa shape index (κ2) is 6.29. The minimum atomic E-state index is -0.880. The zero-order valence-electron chi connectivity index (χ0n) is 11.5. The minimum Gasteiger partial charge on any atom is -0.496 e. The van der Waals surface area contributed by atoms with E-state index in [9.17, 15) is 10.1 Å². The van der Waals surface area contributed by atoms with Crippen LogP contribution in [0.5, 0.6) is 5.75 Å². The normalized spacial score (nSPS) is 17.3. The van der Waals surface area contributed by atoms with Crippen LogP contribution in [-0.4, -0.2) is 36.3 Å². The molecule has 0 radical (unpaired) electrons. The zero-order valence-corrected chi connectivity index (χ0v) is 11.5. The third kappa shape index (κ3) is 2.85. The first-order valence-corrected chi connectivity index (χ1v) is 6.67. The first kappa shape index (κ1) is 14.2. The fourth-order valence-electron chi connectivity index (χ4n) is 2.78. The van der Waals surface area contributed by atoms with Gasteiger partial charge >= 0.3 is 6.09 Å². The molecule has 5 nitrogen and oxygen atoms in total. The van der Waals surface area contributed by atoms with Crippen molar-refractivity contribution in [3.8, 4) is 11.8 Å². The van der Waals surface area contributed by atoms with Gasteiger partial charge in [-0.1, -0.05) is 18.2 Å². The average molecular weight is 274 g/mol. The molecule has 106 valence electrons. The summed E-state index contributed by atoms with van der Waals surface area (Å²) in [5, 5.41) is 18.5. The van der Waals surface area contributed by atoms with E-state index in [1.807, 2.05) is 24.3 Å². The summed E-state index contributed by atoms with van der Waals surface area (Å²) in [4.78, 5) is 12.3. The van der Waals surface area contributed by atoms with Crippen LogP contribution in [0.1, 0.15) is 24.3 Å².